The summed E-state index contributed by atoms with van der Waals surface area (Å²) < 4.78 is 5.43. The summed E-state index contributed by atoms with van der Waals surface area (Å²) in [6.07, 6.45) is 5.45. The number of hydrogen-bond acceptors (Lipinski definition) is 6. The average molecular weight is 605 g/mol. The highest BCUT2D eigenvalue weighted by Crippen LogP contribution is 2.29. The van der Waals surface area contributed by atoms with E-state index < -0.39 is 35.5 Å². The van der Waals surface area contributed by atoms with Crippen molar-refractivity contribution in [3.63, 3.8) is 0 Å². The quantitative estimate of drug-likeness (QED) is 0.269. The van der Waals surface area contributed by atoms with Crippen LogP contribution in [0.4, 0.5) is 0 Å². The van der Waals surface area contributed by atoms with Crippen LogP contribution in [0.2, 0.25) is 0 Å². The highest BCUT2D eigenvalue weighted by Gasteiger charge is 2.50. The van der Waals surface area contributed by atoms with Crippen molar-refractivity contribution in [2.75, 3.05) is 26.2 Å². The van der Waals surface area contributed by atoms with Gasteiger partial charge in [0.05, 0.1) is 19.2 Å². The molecule has 0 aromatic heterocycles. The molecule has 0 spiro atoms. The topological polar surface area (TPSA) is 120 Å². The van der Waals surface area contributed by atoms with Crippen molar-refractivity contribution in [2.24, 2.45) is 5.92 Å². The fourth-order valence-corrected chi connectivity index (χ4v) is 5.72. The molecule has 238 valence electrons. The monoisotopic (exact) mass is 604 g/mol. The van der Waals surface area contributed by atoms with E-state index in [4.69, 9.17) is 4.74 Å². The van der Waals surface area contributed by atoms with E-state index in [1.807, 2.05) is 74.5 Å². The first kappa shape index (κ1) is 33.3. The lowest BCUT2D eigenvalue weighted by Crippen LogP contribution is -2.58. The Kier molecular flexibility index (Phi) is 12.1. The Labute approximate surface area is 261 Å². The van der Waals surface area contributed by atoms with Crippen LogP contribution in [0.3, 0.4) is 0 Å². The third-order valence-electron chi connectivity index (χ3n) is 8.35. The number of nitrogens with one attached hydrogen (secondary N) is 3. The maximum atomic E-state index is 13.9. The molecule has 0 saturated carbocycles. The van der Waals surface area contributed by atoms with Crippen LogP contribution in [0.25, 0.3) is 0 Å². The van der Waals surface area contributed by atoms with Crippen LogP contribution >= 0.6 is 0 Å². The number of ether oxygens (including phenoxy) is 1. The summed E-state index contributed by atoms with van der Waals surface area (Å²) in [4.78, 5) is 56.3. The van der Waals surface area contributed by atoms with E-state index >= 15 is 0 Å². The molecular formula is C35H48N4O5. The largest absolute Gasteiger partial charge is 0.361 e. The fourth-order valence-electron chi connectivity index (χ4n) is 5.72. The number of Topliss-reactive ketones (excluding diaryl/α,β-unsaturated/α-hetero) is 1. The van der Waals surface area contributed by atoms with Crippen LogP contribution in [-0.2, 0) is 36.8 Å². The molecule has 4 atom stereocenters. The van der Waals surface area contributed by atoms with Gasteiger partial charge in [-0.3, -0.25) is 24.1 Å². The highest BCUT2D eigenvalue weighted by atomic mass is 16.6. The lowest BCUT2D eigenvalue weighted by atomic mass is 9.94. The maximum absolute atomic E-state index is 13.9. The number of hydrogen-bond donors (Lipinski definition) is 3. The number of rotatable bonds is 15. The van der Waals surface area contributed by atoms with Crippen LogP contribution < -0.4 is 16.0 Å². The number of carbonyl (C=O) groups is 4. The van der Waals surface area contributed by atoms with Crippen molar-refractivity contribution in [1.29, 1.82) is 0 Å². The van der Waals surface area contributed by atoms with Gasteiger partial charge < -0.3 is 20.7 Å². The van der Waals surface area contributed by atoms with Gasteiger partial charge in [-0.25, -0.2) is 0 Å². The molecule has 2 aromatic rings. The standard InChI is InChI=1S/C35H48N4O5/c1-25(2)20-29(36-31(40)23-39-18-12-4-5-13-19-39)33(42)38-30(22-27-16-10-7-11-17-27)34(43)37-28(32(41)35(3)24-44-35)21-26-14-8-6-9-15-26/h6-11,14-17,25,28-30H,4-5,12-13,18-24H2,1-3H3,(H,36,40)(H,37,43)(H,38,42)/t28-,29-,30-,35+/m0/s1. The Balaban J connectivity index is 1.49. The molecule has 2 saturated heterocycles. The van der Waals surface area contributed by atoms with E-state index in [1.54, 1.807) is 6.92 Å². The lowest BCUT2D eigenvalue weighted by Gasteiger charge is -2.27. The Hall–Kier alpha value is -3.56. The van der Waals surface area contributed by atoms with Crippen molar-refractivity contribution in [1.82, 2.24) is 20.9 Å². The number of ketones is 1. The third kappa shape index (κ3) is 10.3. The summed E-state index contributed by atoms with van der Waals surface area (Å²) in [5, 5.41) is 8.82. The van der Waals surface area contributed by atoms with Gasteiger partial charge in [0.25, 0.3) is 0 Å². The number of likely N-dealkylation sites (tertiary alicyclic amines) is 1. The molecule has 3 amide bonds. The molecule has 9 heteroatoms. The smallest absolute Gasteiger partial charge is 0.243 e. The second-order valence-corrected chi connectivity index (χ2v) is 12.8. The zero-order valence-electron chi connectivity index (χ0n) is 26.3. The molecule has 4 rings (SSSR count). The van der Waals surface area contributed by atoms with E-state index in [1.165, 1.54) is 12.8 Å². The molecule has 0 bridgehead atoms. The number of carbonyl (C=O) groups excluding carboxylic acids is 4. The van der Waals surface area contributed by atoms with Crippen LogP contribution in [-0.4, -0.2) is 78.4 Å². The molecule has 9 nitrogen and oxygen atoms in total. The number of benzene rings is 2. The van der Waals surface area contributed by atoms with Crippen molar-refractivity contribution >= 4 is 23.5 Å². The predicted molar refractivity (Wildman–Crippen MR) is 170 cm³/mol. The third-order valence-corrected chi connectivity index (χ3v) is 8.35. The Morgan fingerprint density at radius 3 is 1.77 bits per heavy atom. The minimum Gasteiger partial charge on any atom is -0.361 e. The fraction of sp³-hybridized carbons (Fsp3) is 0.543. The van der Waals surface area contributed by atoms with Crippen molar-refractivity contribution in [3.8, 4) is 0 Å². The Bertz CT molecular complexity index is 1240. The van der Waals surface area contributed by atoms with E-state index in [2.05, 4.69) is 20.9 Å². The molecule has 0 aliphatic carbocycles. The van der Waals surface area contributed by atoms with Gasteiger partial charge >= 0.3 is 0 Å². The van der Waals surface area contributed by atoms with Gasteiger partial charge in [-0.15, -0.1) is 0 Å². The minimum atomic E-state index is -0.957. The molecule has 2 aromatic carbocycles. The van der Waals surface area contributed by atoms with Crippen molar-refractivity contribution in [3.05, 3.63) is 71.8 Å². The van der Waals surface area contributed by atoms with E-state index in [-0.39, 0.29) is 30.6 Å². The van der Waals surface area contributed by atoms with E-state index in [0.29, 0.717) is 19.4 Å². The normalized spacial score (nSPS) is 20.5. The summed E-state index contributed by atoms with van der Waals surface area (Å²) in [6.45, 7) is 8.03. The van der Waals surface area contributed by atoms with Crippen LogP contribution in [0.15, 0.2) is 60.7 Å². The second-order valence-electron chi connectivity index (χ2n) is 12.8. The summed E-state index contributed by atoms with van der Waals surface area (Å²) >= 11 is 0. The summed E-state index contributed by atoms with van der Waals surface area (Å²) in [5.74, 6) is -1.12. The molecule has 2 aliphatic heterocycles. The first-order valence-electron chi connectivity index (χ1n) is 16.0. The minimum absolute atomic E-state index is 0.137. The number of amides is 3. The molecule has 2 aliphatic rings. The highest BCUT2D eigenvalue weighted by molar-refractivity contribution is 5.98. The molecule has 2 heterocycles. The van der Waals surface area contributed by atoms with Crippen LogP contribution in [0, 0.1) is 5.92 Å². The molecular weight excluding hydrogens is 556 g/mol. The Morgan fingerprint density at radius 2 is 1.25 bits per heavy atom. The van der Waals surface area contributed by atoms with Gasteiger partial charge in [-0.2, -0.15) is 0 Å². The second kappa shape index (κ2) is 16.0. The van der Waals surface area contributed by atoms with Crippen LogP contribution in [0.1, 0.15) is 64.0 Å². The van der Waals surface area contributed by atoms with Gasteiger partial charge in [0.15, 0.2) is 5.78 Å². The SMILES string of the molecule is CC(C)C[C@H](NC(=O)CN1CCCCCC1)C(=O)N[C@@H](Cc1ccccc1)C(=O)N[C@@H](Cc1ccccc1)C(=O)[C@@]1(C)CO1. The predicted octanol–water partition coefficient (Wildman–Crippen LogP) is 3.21. The molecule has 44 heavy (non-hydrogen) atoms. The molecule has 0 unspecified atom stereocenters. The first-order chi connectivity index (χ1) is 21.1. The van der Waals surface area contributed by atoms with Gasteiger partial charge in [-0.05, 0) is 62.7 Å². The lowest BCUT2D eigenvalue weighted by molar-refractivity contribution is -0.134. The number of epoxide rings is 1. The molecule has 0 radical (unpaired) electrons. The van der Waals surface area contributed by atoms with Crippen LogP contribution in [0.5, 0.6) is 0 Å². The maximum Gasteiger partial charge on any atom is 0.243 e. The van der Waals surface area contributed by atoms with Gasteiger partial charge in [-0.1, -0.05) is 87.4 Å². The summed E-state index contributed by atoms with van der Waals surface area (Å²) in [6, 6.07) is 16.4. The van der Waals surface area contributed by atoms with E-state index in [9.17, 15) is 19.2 Å². The average Bonchev–Trinajstić information content (AvgIpc) is 3.80. The molecule has 3 N–H and O–H groups in total. The molecule has 2 fully saturated rings. The zero-order chi connectivity index (χ0) is 31.5. The number of nitrogens with zero attached hydrogens (tertiary/aromatic N) is 1. The summed E-state index contributed by atoms with van der Waals surface area (Å²) in [7, 11) is 0. The summed E-state index contributed by atoms with van der Waals surface area (Å²) in [5.41, 5.74) is 0.843. The van der Waals surface area contributed by atoms with Gasteiger partial charge in [0.1, 0.15) is 17.7 Å². The first-order valence-corrected chi connectivity index (χ1v) is 16.0. The van der Waals surface area contributed by atoms with Gasteiger partial charge in [0.2, 0.25) is 17.7 Å². The Morgan fingerprint density at radius 1 is 0.750 bits per heavy atom. The van der Waals surface area contributed by atoms with Crippen molar-refractivity contribution in [2.45, 2.75) is 89.4 Å². The van der Waals surface area contributed by atoms with Gasteiger partial charge in [0, 0.05) is 6.42 Å². The van der Waals surface area contributed by atoms with E-state index in [0.717, 1.165) is 37.1 Å². The van der Waals surface area contributed by atoms with Crippen molar-refractivity contribution < 1.29 is 23.9 Å². The zero-order valence-corrected chi connectivity index (χ0v) is 26.3.